The highest BCUT2D eigenvalue weighted by Crippen LogP contribution is 2.17. The number of hydrogen-bond acceptors (Lipinski definition) is 2. The number of nitrogens with zero attached hydrogens (tertiary/aromatic N) is 3. The molecule has 0 radical (unpaired) electrons. The molecule has 0 amide bonds. The summed E-state index contributed by atoms with van der Waals surface area (Å²) < 4.78 is 2.05. The molecule has 1 aliphatic rings. The highest BCUT2D eigenvalue weighted by atomic mass is 15.3. The van der Waals surface area contributed by atoms with Crippen molar-refractivity contribution in [3.8, 4) is 0 Å². The summed E-state index contributed by atoms with van der Waals surface area (Å²) in [6.45, 7) is 3.58. The minimum Gasteiger partial charge on any atom is -0.306 e. The molecule has 1 aliphatic heterocycles. The van der Waals surface area contributed by atoms with E-state index in [0.717, 1.165) is 12.5 Å². The van der Waals surface area contributed by atoms with Crippen molar-refractivity contribution in [1.29, 1.82) is 0 Å². The van der Waals surface area contributed by atoms with E-state index in [0.29, 0.717) is 0 Å². The maximum Gasteiger partial charge on any atom is 0.0489 e. The van der Waals surface area contributed by atoms with Crippen LogP contribution in [-0.2, 0) is 6.54 Å². The number of rotatable bonds is 2. The molecule has 2 heterocycles. The fourth-order valence-corrected chi connectivity index (χ4v) is 1.92. The zero-order valence-electron chi connectivity index (χ0n) is 8.19. The van der Waals surface area contributed by atoms with Gasteiger partial charge in [0.15, 0.2) is 0 Å². The Morgan fingerprint density at radius 1 is 1.38 bits per heavy atom. The Kier molecular flexibility index (Phi) is 2.64. The van der Waals surface area contributed by atoms with Gasteiger partial charge in [0.2, 0.25) is 0 Å². The van der Waals surface area contributed by atoms with Crippen LogP contribution in [0.3, 0.4) is 0 Å². The fourth-order valence-electron chi connectivity index (χ4n) is 1.92. The summed E-state index contributed by atoms with van der Waals surface area (Å²) in [5.74, 6) is 0.830. The van der Waals surface area contributed by atoms with Crippen LogP contribution < -0.4 is 0 Å². The third-order valence-corrected chi connectivity index (χ3v) is 2.84. The summed E-state index contributed by atoms with van der Waals surface area (Å²) in [5, 5.41) is 4.23. The standard InChI is InChI=1S/C10H17N3/c1-12-7-3-10(4-8-12)9-13-6-2-5-11-13/h2,5-6,10H,3-4,7-9H2,1H3. The molecule has 3 heteroatoms. The van der Waals surface area contributed by atoms with Gasteiger partial charge in [-0.25, -0.2) is 0 Å². The molecule has 13 heavy (non-hydrogen) atoms. The number of likely N-dealkylation sites (tertiary alicyclic amines) is 1. The van der Waals surface area contributed by atoms with Crippen LogP contribution in [0.4, 0.5) is 0 Å². The average molecular weight is 179 g/mol. The van der Waals surface area contributed by atoms with E-state index < -0.39 is 0 Å². The first-order valence-electron chi connectivity index (χ1n) is 5.00. The molecule has 0 N–H and O–H groups in total. The lowest BCUT2D eigenvalue weighted by Crippen LogP contribution is -2.31. The Morgan fingerprint density at radius 3 is 2.77 bits per heavy atom. The van der Waals surface area contributed by atoms with Crippen LogP contribution in [0.5, 0.6) is 0 Å². The van der Waals surface area contributed by atoms with E-state index in [9.17, 15) is 0 Å². The maximum atomic E-state index is 4.23. The van der Waals surface area contributed by atoms with Gasteiger partial charge in [-0.15, -0.1) is 0 Å². The van der Waals surface area contributed by atoms with Gasteiger partial charge in [0.05, 0.1) is 0 Å². The molecular formula is C10H17N3. The van der Waals surface area contributed by atoms with Gasteiger partial charge in [0, 0.05) is 18.9 Å². The van der Waals surface area contributed by atoms with Gasteiger partial charge < -0.3 is 4.90 Å². The molecule has 0 atom stereocenters. The van der Waals surface area contributed by atoms with E-state index in [4.69, 9.17) is 0 Å². The molecule has 1 saturated heterocycles. The summed E-state index contributed by atoms with van der Waals surface area (Å²) in [5.41, 5.74) is 0. The lowest BCUT2D eigenvalue weighted by molar-refractivity contribution is 0.201. The molecule has 3 nitrogen and oxygen atoms in total. The Morgan fingerprint density at radius 2 is 2.15 bits per heavy atom. The third-order valence-electron chi connectivity index (χ3n) is 2.84. The molecular weight excluding hydrogens is 162 g/mol. The first kappa shape index (κ1) is 8.75. The second kappa shape index (κ2) is 3.92. The quantitative estimate of drug-likeness (QED) is 0.680. The Hall–Kier alpha value is -0.830. The molecule has 0 spiro atoms. The smallest absolute Gasteiger partial charge is 0.0489 e. The highest BCUT2D eigenvalue weighted by molar-refractivity contribution is 4.79. The van der Waals surface area contributed by atoms with E-state index in [2.05, 4.69) is 27.9 Å². The van der Waals surface area contributed by atoms with Crippen LogP contribution >= 0.6 is 0 Å². The molecule has 1 aromatic heterocycles. The topological polar surface area (TPSA) is 21.1 Å². The Bertz CT molecular complexity index is 235. The summed E-state index contributed by atoms with van der Waals surface area (Å²) in [6, 6.07) is 1.99. The fraction of sp³-hybridized carbons (Fsp3) is 0.700. The van der Waals surface area contributed by atoms with Crippen molar-refractivity contribution in [2.45, 2.75) is 19.4 Å². The van der Waals surface area contributed by atoms with Gasteiger partial charge in [-0.3, -0.25) is 4.68 Å². The van der Waals surface area contributed by atoms with E-state index >= 15 is 0 Å². The van der Waals surface area contributed by atoms with Gasteiger partial charge in [-0.05, 0) is 45.0 Å². The van der Waals surface area contributed by atoms with Crippen molar-refractivity contribution in [2.24, 2.45) is 5.92 Å². The van der Waals surface area contributed by atoms with Crippen molar-refractivity contribution < 1.29 is 0 Å². The largest absolute Gasteiger partial charge is 0.306 e. The number of hydrogen-bond donors (Lipinski definition) is 0. The first-order chi connectivity index (χ1) is 6.34. The zero-order chi connectivity index (χ0) is 9.10. The SMILES string of the molecule is CN1CCC(Cn2cccn2)CC1. The zero-order valence-corrected chi connectivity index (χ0v) is 8.19. The van der Waals surface area contributed by atoms with Crippen LogP contribution in [0.1, 0.15) is 12.8 Å². The molecule has 2 rings (SSSR count). The molecule has 0 saturated carbocycles. The van der Waals surface area contributed by atoms with E-state index in [1.807, 2.05) is 12.3 Å². The Balaban J connectivity index is 1.83. The van der Waals surface area contributed by atoms with Crippen LogP contribution in [0, 0.1) is 5.92 Å². The minimum absolute atomic E-state index is 0.830. The molecule has 0 bridgehead atoms. The van der Waals surface area contributed by atoms with Gasteiger partial charge in [-0.1, -0.05) is 0 Å². The minimum atomic E-state index is 0.830. The van der Waals surface area contributed by atoms with Gasteiger partial charge >= 0.3 is 0 Å². The van der Waals surface area contributed by atoms with Crippen LogP contribution in [-0.4, -0.2) is 34.8 Å². The molecule has 0 aromatic carbocycles. The Labute approximate surface area is 79.3 Å². The predicted octanol–water partition coefficient (Wildman–Crippen LogP) is 1.22. The van der Waals surface area contributed by atoms with Crippen molar-refractivity contribution >= 4 is 0 Å². The molecule has 0 unspecified atom stereocenters. The highest BCUT2D eigenvalue weighted by Gasteiger charge is 2.16. The van der Waals surface area contributed by atoms with Crippen molar-refractivity contribution in [2.75, 3.05) is 20.1 Å². The summed E-state index contributed by atoms with van der Waals surface area (Å²) in [4.78, 5) is 2.40. The maximum absolute atomic E-state index is 4.23. The summed E-state index contributed by atoms with van der Waals surface area (Å²) >= 11 is 0. The first-order valence-corrected chi connectivity index (χ1v) is 5.00. The van der Waals surface area contributed by atoms with Gasteiger partial charge in [-0.2, -0.15) is 5.10 Å². The van der Waals surface area contributed by atoms with Crippen molar-refractivity contribution in [1.82, 2.24) is 14.7 Å². The normalized spacial score (nSPS) is 20.7. The molecule has 1 fully saturated rings. The number of aromatic nitrogens is 2. The average Bonchev–Trinajstić information content (AvgIpc) is 2.62. The van der Waals surface area contributed by atoms with Gasteiger partial charge in [0.25, 0.3) is 0 Å². The van der Waals surface area contributed by atoms with Crippen molar-refractivity contribution in [3.63, 3.8) is 0 Å². The second-order valence-corrected chi connectivity index (χ2v) is 3.97. The van der Waals surface area contributed by atoms with Crippen LogP contribution in [0.15, 0.2) is 18.5 Å². The van der Waals surface area contributed by atoms with Crippen LogP contribution in [0.2, 0.25) is 0 Å². The summed E-state index contributed by atoms with van der Waals surface area (Å²) in [7, 11) is 2.20. The third kappa shape index (κ3) is 2.31. The van der Waals surface area contributed by atoms with E-state index in [1.54, 1.807) is 0 Å². The van der Waals surface area contributed by atoms with Gasteiger partial charge in [0.1, 0.15) is 0 Å². The summed E-state index contributed by atoms with van der Waals surface area (Å²) in [6.07, 6.45) is 6.54. The number of piperidine rings is 1. The second-order valence-electron chi connectivity index (χ2n) is 3.97. The molecule has 0 aliphatic carbocycles. The molecule has 72 valence electrons. The van der Waals surface area contributed by atoms with Crippen molar-refractivity contribution in [3.05, 3.63) is 18.5 Å². The lowest BCUT2D eigenvalue weighted by Gasteiger charge is -2.28. The lowest BCUT2D eigenvalue weighted by atomic mass is 9.97. The monoisotopic (exact) mass is 179 g/mol. The van der Waals surface area contributed by atoms with Crippen LogP contribution in [0.25, 0.3) is 0 Å². The molecule has 1 aromatic rings. The van der Waals surface area contributed by atoms with E-state index in [1.165, 1.54) is 25.9 Å². The van der Waals surface area contributed by atoms with E-state index in [-0.39, 0.29) is 0 Å². The predicted molar refractivity (Wildman–Crippen MR) is 52.4 cm³/mol.